The number of ether oxygens (including phenoxy) is 1. The maximum atomic E-state index is 13.3. The van der Waals surface area contributed by atoms with Gasteiger partial charge in [-0.25, -0.2) is 4.98 Å². The van der Waals surface area contributed by atoms with Crippen LogP contribution in [0.25, 0.3) is 16.9 Å². The van der Waals surface area contributed by atoms with Crippen molar-refractivity contribution in [3.63, 3.8) is 0 Å². The summed E-state index contributed by atoms with van der Waals surface area (Å²) in [6, 6.07) is 27.3. The Labute approximate surface area is 205 Å². The van der Waals surface area contributed by atoms with E-state index in [-0.39, 0.29) is 12.3 Å². The van der Waals surface area contributed by atoms with Gasteiger partial charge in [0.1, 0.15) is 11.4 Å². The van der Waals surface area contributed by atoms with Crippen molar-refractivity contribution >= 4 is 17.2 Å². The molecule has 3 aromatic carbocycles. The molecule has 174 valence electrons. The lowest BCUT2D eigenvalue weighted by atomic mass is 10.0. The van der Waals surface area contributed by atoms with Crippen LogP contribution in [0.5, 0.6) is 11.5 Å². The Morgan fingerprint density at radius 2 is 1.63 bits per heavy atom. The molecule has 0 fully saturated rings. The summed E-state index contributed by atoms with van der Waals surface area (Å²) in [7, 11) is 0. The first-order chi connectivity index (χ1) is 17.0. The van der Waals surface area contributed by atoms with Crippen LogP contribution in [0, 0.1) is 20.8 Å². The molecular weight excluding hydrogens is 434 g/mol. The van der Waals surface area contributed by atoms with Gasteiger partial charge in [-0.2, -0.15) is 0 Å². The topological polar surface area (TPSA) is 55.6 Å². The van der Waals surface area contributed by atoms with E-state index in [9.17, 15) is 4.79 Å². The lowest BCUT2D eigenvalue weighted by molar-refractivity contribution is -0.115. The molecule has 0 atom stereocenters. The number of hydrogen-bond donors (Lipinski definition) is 1. The van der Waals surface area contributed by atoms with Crippen LogP contribution in [0.2, 0.25) is 0 Å². The highest BCUT2D eigenvalue weighted by atomic mass is 16.5. The number of carbonyl (C=O) groups is 1. The molecule has 0 unspecified atom stereocenters. The number of rotatable bonds is 6. The predicted octanol–water partition coefficient (Wildman–Crippen LogP) is 6.90. The van der Waals surface area contributed by atoms with Crippen molar-refractivity contribution in [1.29, 1.82) is 0 Å². The molecule has 0 saturated carbocycles. The van der Waals surface area contributed by atoms with E-state index in [2.05, 4.69) is 37.4 Å². The Balaban J connectivity index is 1.48. The number of amides is 1. The minimum Gasteiger partial charge on any atom is -0.455 e. The molecule has 5 rings (SSSR count). The standard InChI is InChI=1S/C30H27N3O2/c1-20-15-16-23(18-22(20)3)29-26(33-17-9-10-21(2)30(33)32-29)19-28(34)31-25-13-7-8-14-27(25)35-24-11-5-4-6-12-24/h4-18H,19H2,1-3H3,(H,31,34). The zero-order valence-electron chi connectivity index (χ0n) is 20.1. The fourth-order valence-corrected chi connectivity index (χ4v) is 4.16. The number of para-hydroxylation sites is 3. The zero-order valence-corrected chi connectivity index (χ0v) is 20.1. The second-order valence-electron chi connectivity index (χ2n) is 8.73. The van der Waals surface area contributed by atoms with Crippen LogP contribution in [0.1, 0.15) is 22.4 Å². The summed E-state index contributed by atoms with van der Waals surface area (Å²) in [6.07, 6.45) is 2.14. The molecule has 0 bridgehead atoms. The monoisotopic (exact) mass is 461 g/mol. The summed E-state index contributed by atoms with van der Waals surface area (Å²) >= 11 is 0. The molecule has 0 aliphatic heterocycles. The Bertz CT molecular complexity index is 1520. The fourth-order valence-electron chi connectivity index (χ4n) is 4.16. The van der Waals surface area contributed by atoms with Gasteiger partial charge in [0.05, 0.1) is 23.5 Å². The highest BCUT2D eigenvalue weighted by Crippen LogP contribution is 2.31. The SMILES string of the molecule is Cc1ccc(-c2nc3c(C)cccn3c2CC(=O)Nc2ccccc2Oc2ccccc2)cc1C. The number of fused-ring (bicyclic) bond motifs is 1. The summed E-state index contributed by atoms with van der Waals surface area (Å²) < 4.78 is 8.04. The third kappa shape index (κ3) is 4.66. The van der Waals surface area contributed by atoms with E-state index >= 15 is 0 Å². The molecule has 1 N–H and O–H groups in total. The quantitative estimate of drug-likeness (QED) is 0.299. The highest BCUT2D eigenvalue weighted by molar-refractivity contribution is 5.94. The number of aryl methyl sites for hydroxylation is 3. The number of nitrogens with one attached hydrogen (secondary N) is 1. The lowest BCUT2D eigenvalue weighted by Gasteiger charge is -2.13. The Kier molecular flexibility index (Phi) is 6.06. The second kappa shape index (κ2) is 9.47. The summed E-state index contributed by atoms with van der Waals surface area (Å²) in [4.78, 5) is 18.3. The van der Waals surface area contributed by atoms with E-state index in [1.807, 2.05) is 84.3 Å². The molecule has 5 heteroatoms. The van der Waals surface area contributed by atoms with Crippen molar-refractivity contribution in [2.45, 2.75) is 27.2 Å². The summed E-state index contributed by atoms with van der Waals surface area (Å²) in [5.41, 5.74) is 7.65. The average Bonchev–Trinajstić information content (AvgIpc) is 3.22. The van der Waals surface area contributed by atoms with E-state index in [4.69, 9.17) is 9.72 Å². The minimum atomic E-state index is -0.137. The summed E-state index contributed by atoms with van der Waals surface area (Å²) in [5.74, 6) is 1.17. The zero-order chi connectivity index (χ0) is 24.4. The predicted molar refractivity (Wildman–Crippen MR) is 140 cm³/mol. The molecule has 0 saturated heterocycles. The molecule has 5 aromatic rings. The first-order valence-electron chi connectivity index (χ1n) is 11.7. The van der Waals surface area contributed by atoms with E-state index in [0.29, 0.717) is 17.2 Å². The van der Waals surface area contributed by atoms with Gasteiger partial charge in [0.15, 0.2) is 5.75 Å². The molecular formula is C30H27N3O2. The van der Waals surface area contributed by atoms with E-state index < -0.39 is 0 Å². The van der Waals surface area contributed by atoms with Crippen LogP contribution in [0.15, 0.2) is 91.1 Å². The van der Waals surface area contributed by atoms with Gasteiger partial charge >= 0.3 is 0 Å². The van der Waals surface area contributed by atoms with Gasteiger partial charge in [-0.1, -0.05) is 48.5 Å². The maximum Gasteiger partial charge on any atom is 0.230 e. The highest BCUT2D eigenvalue weighted by Gasteiger charge is 2.19. The van der Waals surface area contributed by atoms with Crippen molar-refractivity contribution in [2.24, 2.45) is 0 Å². The van der Waals surface area contributed by atoms with E-state index in [1.54, 1.807) is 0 Å². The number of pyridine rings is 1. The van der Waals surface area contributed by atoms with Gasteiger partial charge < -0.3 is 14.5 Å². The van der Waals surface area contributed by atoms with Crippen molar-refractivity contribution in [3.05, 3.63) is 114 Å². The summed E-state index contributed by atoms with van der Waals surface area (Å²) in [5, 5.41) is 3.04. The number of anilines is 1. The first kappa shape index (κ1) is 22.4. The van der Waals surface area contributed by atoms with Gasteiger partial charge in [-0.3, -0.25) is 4.79 Å². The second-order valence-corrected chi connectivity index (χ2v) is 8.73. The van der Waals surface area contributed by atoms with Crippen molar-refractivity contribution in [2.75, 3.05) is 5.32 Å². The average molecular weight is 462 g/mol. The molecule has 2 heterocycles. The number of aromatic nitrogens is 2. The fraction of sp³-hybridized carbons (Fsp3) is 0.133. The van der Waals surface area contributed by atoms with E-state index in [1.165, 1.54) is 11.1 Å². The Hall–Kier alpha value is -4.38. The van der Waals surface area contributed by atoms with Gasteiger partial charge in [0.25, 0.3) is 0 Å². The minimum absolute atomic E-state index is 0.137. The molecule has 0 aliphatic rings. The van der Waals surface area contributed by atoms with Crippen LogP contribution in [0.4, 0.5) is 5.69 Å². The van der Waals surface area contributed by atoms with E-state index in [0.717, 1.165) is 28.2 Å². The van der Waals surface area contributed by atoms with Gasteiger partial charge in [0.2, 0.25) is 5.91 Å². The number of imidazole rings is 1. The third-order valence-electron chi connectivity index (χ3n) is 6.18. The molecule has 35 heavy (non-hydrogen) atoms. The molecule has 2 aromatic heterocycles. The van der Waals surface area contributed by atoms with Crippen LogP contribution in [0.3, 0.4) is 0 Å². The van der Waals surface area contributed by atoms with Crippen LogP contribution >= 0.6 is 0 Å². The first-order valence-corrected chi connectivity index (χ1v) is 11.7. The normalized spacial score (nSPS) is 10.9. The number of nitrogens with zero attached hydrogens (tertiary/aromatic N) is 2. The van der Waals surface area contributed by atoms with Gasteiger partial charge in [0, 0.05) is 11.8 Å². The molecule has 0 radical (unpaired) electrons. The van der Waals surface area contributed by atoms with Crippen LogP contribution in [-0.4, -0.2) is 15.3 Å². The van der Waals surface area contributed by atoms with Crippen LogP contribution in [-0.2, 0) is 11.2 Å². The third-order valence-corrected chi connectivity index (χ3v) is 6.18. The smallest absolute Gasteiger partial charge is 0.230 e. The Morgan fingerprint density at radius 3 is 2.43 bits per heavy atom. The Morgan fingerprint density at radius 1 is 0.857 bits per heavy atom. The number of carbonyl (C=O) groups excluding carboxylic acids is 1. The molecule has 0 spiro atoms. The summed E-state index contributed by atoms with van der Waals surface area (Å²) in [6.45, 7) is 6.22. The van der Waals surface area contributed by atoms with Crippen molar-refractivity contribution in [3.8, 4) is 22.8 Å². The lowest BCUT2D eigenvalue weighted by Crippen LogP contribution is -2.16. The molecule has 1 amide bonds. The molecule has 5 nitrogen and oxygen atoms in total. The van der Waals surface area contributed by atoms with Gasteiger partial charge in [-0.15, -0.1) is 0 Å². The maximum absolute atomic E-state index is 13.3. The number of benzene rings is 3. The van der Waals surface area contributed by atoms with Crippen molar-refractivity contribution in [1.82, 2.24) is 9.38 Å². The largest absolute Gasteiger partial charge is 0.455 e. The van der Waals surface area contributed by atoms with Crippen LogP contribution < -0.4 is 10.1 Å². The number of hydrogen-bond acceptors (Lipinski definition) is 3. The molecule has 0 aliphatic carbocycles. The van der Waals surface area contributed by atoms with Gasteiger partial charge in [-0.05, 0) is 73.9 Å². The van der Waals surface area contributed by atoms with Crippen molar-refractivity contribution < 1.29 is 9.53 Å².